The van der Waals surface area contributed by atoms with Crippen LogP contribution in [0.2, 0.25) is 0 Å². The first-order valence-corrected chi connectivity index (χ1v) is 8.15. The van der Waals surface area contributed by atoms with Crippen LogP contribution in [-0.4, -0.2) is 0 Å². The van der Waals surface area contributed by atoms with Crippen LogP contribution in [0.5, 0.6) is 0 Å². The highest BCUT2D eigenvalue weighted by Crippen LogP contribution is 2.09. The zero-order valence-electron chi connectivity index (χ0n) is 7.75. The van der Waals surface area contributed by atoms with E-state index in [0.717, 1.165) is 0 Å². The highest BCUT2D eigenvalue weighted by Gasteiger charge is 2.20. The summed E-state index contributed by atoms with van der Waals surface area (Å²) in [4.78, 5) is 0. The van der Waals surface area contributed by atoms with Gasteiger partial charge in [-0.15, -0.1) is 0 Å². The molecule has 0 radical (unpaired) electrons. The molecule has 0 unspecified atom stereocenters. The van der Waals surface area contributed by atoms with Gasteiger partial charge in [-0.05, 0) is 56.1 Å². The second kappa shape index (κ2) is 5.46. The van der Waals surface area contributed by atoms with Gasteiger partial charge in [0.05, 0.1) is 8.95 Å². The van der Waals surface area contributed by atoms with E-state index >= 15 is 0 Å². The molecule has 0 aliphatic carbocycles. The topological polar surface area (TPSA) is 0 Å². The average Bonchev–Trinajstić information content (AvgIpc) is 2.24. The molecule has 2 aromatic rings. The molecular weight excluding hydrogens is 431 g/mol. The van der Waals surface area contributed by atoms with Crippen LogP contribution in [0.1, 0.15) is 0 Å². The predicted octanol–water partition coefficient (Wildman–Crippen LogP) is 1.34. The Morgan fingerprint density at radius 1 is 0.667 bits per heavy atom. The second-order valence-corrected chi connectivity index (χ2v) is 7.50. The van der Waals surface area contributed by atoms with E-state index < -0.39 is 0 Å². The zero-order valence-corrected chi connectivity index (χ0v) is 13.1. The standard InChI is InChI=1S/C12H8Br2I/c13-9-5-1-3-7-11(9)15-12-8-4-2-6-10(12)14/h1-8H/q+1. The van der Waals surface area contributed by atoms with Crippen molar-refractivity contribution < 1.29 is 21.2 Å². The van der Waals surface area contributed by atoms with Crippen LogP contribution < -0.4 is 21.2 Å². The van der Waals surface area contributed by atoms with Crippen molar-refractivity contribution in [2.45, 2.75) is 0 Å². The first kappa shape index (κ1) is 11.6. The molecule has 0 fully saturated rings. The summed E-state index contributed by atoms with van der Waals surface area (Å²) in [5, 5.41) is 0. The molecule has 76 valence electrons. The van der Waals surface area contributed by atoms with E-state index in [1.807, 2.05) is 0 Å². The van der Waals surface area contributed by atoms with E-state index in [4.69, 9.17) is 0 Å². The summed E-state index contributed by atoms with van der Waals surface area (Å²) in [6, 6.07) is 16.9. The van der Waals surface area contributed by atoms with Crippen LogP contribution in [0, 0.1) is 7.14 Å². The van der Waals surface area contributed by atoms with E-state index in [9.17, 15) is 0 Å². The maximum Gasteiger partial charge on any atom is 0.360 e. The lowest BCUT2D eigenvalue weighted by Crippen LogP contribution is -3.61. The maximum absolute atomic E-state index is 3.59. The molecule has 0 aliphatic heterocycles. The first-order valence-electron chi connectivity index (χ1n) is 4.41. The number of rotatable bonds is 2. The van der Waals surface area contributed by atoms with Gasteiger partial charge < -0.3 is 0 Å². The molecule has 0 heterocycles. The maximum atomic E-state index is 3.59. The number of halogens is 3. The molecule has 0 atom stereocenters. The van der Waals surface area contributed by atoms with Crippen molar-refractivity contribution >= 4 is 31.9 Å². The minimum absolute atomic E-state index is 0.108. The average molecular weight is 439 g/mol. The van der Waals surface area contributed by atoms with Crippen molar-refractivity contribution in [2.75, 3.05) is 0 Å². The van der Waals surface area contributed by atoms with Crippen LogP contribution in [0.15, 0.2) is 57.5 Å². The molecule has 0 saturated carbocycles. The minimum Gasteiger partial charge on any atom is -0.0608 e. The van der Waals surface area contributed by atoms with Crippen molar-refractivity contribution in [1.82, 2.24) is 0 Å². The fourth-order valence-electron chi connectivity index (χ4n) is 1.14. The molecule has 0 bridgehead atoms. The van der Waals surface area contributed by atoms with Crippen LogP contribution in [0.25, 0.3) is 0 Å². The summed E-state index contributed by atoms with van der Waals surface area (Å²) in [7, 11) is 0. The molecule has 0 nitrogen and oxygen atoms in total. The Balaban J connectivity index is 2.30. The van der Waals surface area contributed by atoms with Crippen LogP contribution >= 0.6 is 31.9 Å². The summed E-state index contributed by atoms with van der Waals surface area (Å²) in [5.74, 6) is 0. The van der Waals surface area contributed by atoms with Gasteiger partial charge in [-0.3, -0.25) is 0 Å². The Morgan fingerprint density at radius 2 is 1.07 bits per heavy atom. The SMILES string of the molecule is Brc1ccccc1[I+]c1ccccc1Br. The Bertz CT molecular complexity index is 425. The molecule has 0 spiro atoms. The number of hydrogen-bond donors (Lipinski definition) is 0. The molecule has 0 saturated heterocycles. The highest BCUT2D eigenvalue weighted by atomic mass is 127. The van der Waals surface area contributed by atoms with Gasteiger partial charge in [-0.2, -0.15) is 0 Å². The van der Waals surface area contributed by atoms with Crippen molar-refractivity contribution in [1.29, 1.82) is 0 Å². The van der Waals surface area contributed by atoms with Crippen molar-refractivity contribution in [3.63, 3.8) is 0 Å². The lowest BCUT2D eigenvalue weighted by atomic mass is 10.4. The fourth-order valence-corrected chi connectivity index (χ4v) is 4.99. The normalized spacial score (nSPS) is 10.3. The van der Waals surface area contributed by atoms with Gasteiger partial charge in [-0.1, -0.05) is 24.3 Å². The number of benzene rings is 2. The first-order chi connectivity index (χ1) is 7.27. The van der Waals surface area contributed by atoms with Crippen LogP contribution in [0.3, 0.4) is 0 Å². The molecule has 0 aliphatic rings. The van der Waals surface area contributed by atoms with Crippen LogP contribution in [0.4, 0.5) is 0 Å². The molecule has 0 amide bonds. The van der Waals surface area contributed by atoms with E-state index in [1.165, 1.54) is 16.1 Å². The van der Waals surface area contributed by atoms with Gasteiger partial charge in [0.1, 0.15) is 0 Å². The Morgan fingerprint density at radius 3 is 1.47 bits per heavy atom. The van der Waals surface area contributed by atoms with E-state index in [-0.39, 0.29) is 21.2 Å². The van der Waals surface area contributed by atoms with Gasteiger partial charge in [0.15, 0.2) is 0 Å². The van der Waals surface area contributed by atoms with E-state index in [2.05, 4.69) is 80.4 Å². The molecule has 0 N–H and O–H groups in total. The van der Waals surface area contributed by atoms with Crippen molar-refractivity contribution in [2.24, 2.45) is 0 Å². The Kier molecular flexibility index (Phi) is 4.22. The third kappa shape index (κ3) is 3.04. The molecule has 2 rings (SSSR count). The minimum atomic E-state index is -0.108. The lowest BCUT2D eigenvalue weighted by Gasteiger charge is -1.92. The third-order valence-electron chi connectivity index (χ3n) is 1.85. The third-order valence-corrected chi connectivity index (χ3v) is 7.76. The molecule has 3 heteroatoms. The van der Waals surface area contributed by atoms with Gasteiger partial charge in [0, 0.05) is 0 Å². The summed E-state index contributed by atoms with van der Waals surface area (Å²) < 4.78 is 5.27. The number of hydrogen-bond acceptors (Lipinski definition) is 0. The predicted molar refractivity (Wildman–Crippen MR) is 65.7 cm³/mol. The highest BCUT2D eigenvalue weighted by molar-refractivity contribution is 9.10. The largest absolute Gasteiger partial charge is 0.360 e. The molecule has 15 heavy (non-hydrogen) atoms. The second-order valence-electron chi connectivity index (χ2n) is 2.92. The van der Waals surface area contributed by atoms with Gasteiger partial charge in [-0.25, -0.2) is 0 Å². The zero-order chi connectivity index (χ0) is 10.7. The van der Waals surface area contributed by atoms with Crippen molar-refractivity contribution in [3.8, 4) is 0 Å². The summed E-state index contributed by atoms with van der Waals surface area (Å²) in [6.45, 7) is 0. The summed E-state index contributed by atoms with van der Waals surface area (Å²) >= 11 is 7.07. The lowest BCUT2D eigenvalue weighted by molar-refractivity contribution is -0.599. The fraction of sp³-hybridized carbons (Fsp3) is 0. The molecule has 0 aromatic heterocycles. The van der Waals surface area contributed by atoms with Gasteiger partial charge in [0.2, 0.25) is 7.14 Å². The van der Waals surface area contributed by atoms with Crippen molar-refractivity contribution in [3.05, 3.63) is 64.6 Å². The van der Waals surface area contributed by atoms with Crippen LogP contribution in [-0.2, 0) is 0 Å². The molecular formula is C12H8Br2I+. The quantitative estimate of drug-likeness (QED) is 0.621. The molecule has 2 aromatic carbocycles. The summed E-state index contributed by atoms with van der Waals surface area (Å²) in [5.41, 5.74) is 0. The van der Waals surface area contributed by atoms with Gasteiger partial charge >= 0.3 is 21.2 Å². The summed E-state index contributed by atoms with van der Waals surface area (Å²) in [6.07, 6.45) is 0. The Hall–Kier alpha value is 0.130. The van der Waals surface area contributed by atoms with E-state index in [1.54, 1.807) is 0 Å². The Labute approximate surface area is 117 Å². The van der Waals surface area contributed by atoms with E-state index in [0.29, 0.717) is 0 Å². The monoisotopic (exact) mass is 437 g/mol. The smallest absolute Gasteiger partial charge is 0.0608 e. The van der Waals surface area contributed by atoms with Gasteiger partial charge in [0.25, 0.3) is 0 Å².